The molecule has 2 aromatic rings. The first-order valence-electron chi connectivity index (χ1n) is 8.10. The fourth-order valence-electron chi connectivity index (χ4n) is 2.94. The van der Waals surface area contributed by atoms with Gasteiger partial charge in [0.25, 0.3) is 5.91 Å². The quantitative estimate of drug-likeness (QED) is 0.781. The summed E-state index contributed by atoms with van der Waals surface area (Å²) in [6.45, 7) is 7.45. The summed E-state index contributed by atoms with van der Waals surface area (Å²) in [6.07, 6.45) is 2.77. The summed E-state index contributed by atoms with van der Waals surface area (Å²) < 4.78 is 0. The van der Waals surface area contributed by atoms with E-state index >= 15 is 0 Å². The summed E-state index contributed by atoms with van der Waals surface area (Å²) in [4.78, 5) is 27.4. The molecule has 122 valence electrons. The molecule has 1 aromatic heterocycles. The third kappa shape index (κ3) is 3.70. The second-order valence-corrected chi connectivity index (χ2v) is 5.79. The smallest absolute Gasteiger partial charge is 0.272 e. The van der Waals surface area contributed by atoms with Crippen molar-refractivity contribution in [2.24, 2.45) is 0 Å². The first-order chi connectivity index (χ1) is 11.0. The second kappa shape index (κ2) is 7.27. The lowest BCUT2D eigenvalue weighted by atomic mass is 10.0. The van der Waals surface area contributed by atoms with E-state index in [-0.39, 0.29) is 11.7 Å². The monoisotopic (exact) mass is 312 g/mol. The van der Waals surface area contributed by atoms with Crippen molar-refractivity contribution < 1.29 is 9.59 Å². The van der Waals surface area contributed by atoms with Crippen LogP contribution in [-0.4, -0.2) is 16.7 Å². The van der Waals surface area contributed by atoms with Gasteiger partial charge in [-0.1, -0.05) is 32.4 Å². The van der Waals surface area contributed by atoms with E-state index in [2.05, 4.69) is 17.2 Å². The second-order valence-electron chi connectivity index (χ2n) is 5.79. The molecule has 0 saturated carbocycles. The minimum absolute atomic E-state index is 0.0152. The molecule has 2 N–H and O–H groups in total. The first-order valence-corrected chi connectivity index (χ1v) is 8.10. The van der Waals surface area contributed by atoms with Crippen LogP contribution in [0.15, 0.2) is 24.3 Å². The third-order valence-electron chi connectivity index (χ3n) is 3.97. The van der Waals surface area contributed by atoms with E-state index in [9.17, 15) is 9.59 Å². The van der Waals surface area contributed by atoms with Gasteiger partial charge < -0.3 is 10.3 Å². The molecule has 0 unspecified atom stereocenters. The number of rotatable bonds is 6. The van der Waals surface area contributed by atoms with E-state index in [4.69, 9.17) is 0 Å². The lowest BCUT2D eigenvalue weighted by molar-refractivity contribution is 0.101. The number of anilines is 1. The Labute approximate surface area is 137 Å². The van der Waals surface area contributed by atoms with Crippen molar-refractivity contribution in [3.63, 3.8) is 0 Å². The van der Waals surface area contributed by atoms with Gasteiger partial charge in [-0.2, -0.15) is 0 Å². The predicted molar refractivity (Wildman–Crippen MR) is 93.3 cm³/mol. The van der Waals surface area contributed by atoms with Gasteiger partial charge in [-0.25, -0.2) is 0 Å². The van der Waals surface area contributed by atoms with Crippen LogP contribution in [0, 0.1) is 6.92 Å². The number of Topliss-reactive ketones (excluding diaryl/α,β-unsaturated/α-hetero) is 1. The number of hydrogen-bond donors (Lipinski definition) is 2. The Morgan fingerprint density at radius 1 is 1.13 bits per heavy atom. The molecule has 0 atom stereocenters. The Balaban J connectivity index is 2.24. The molecular weight excluding hydrogens is 288 g/mol. The number of carbonyl (C=O) groups is 2. The maximum absolute atomic E-state index is 12.5. The molecule has 0 saturated heterocycles. The number of nitrogens with one attached hydrogen (secondary N) is 2. The highest BCUT2D eigenvalue weighted by molar-refractivity contribution is 6.07. The van der Waals surface area contributed by atoms with Gasteiger partial charge in [-0.15, -0.1) is 0 Å². The van der Waals surface area contributed by atoms with Crippen molar-refractivity contribution in [1.29, 1.82) is 0 Å². The average molecular weight is 312 g/mol. The van der Waals surface area contributed by atoms with Crippen LogP contribution < -0.4 is 5.32 Å². The summed E-state index contributed by atoms with van der Waals surface area (Å²) in [5, 5.41) is 2.90. The summed E-state index contributed by atoms with van der Waals surface area (Å²) in [5.74, 6) is -0.223. The molecule has 0 aliphatic heterocycles. The molecule has 1 heterocycles. The van der Waals surface area contributed by atoms with Crippen molar-refractivity contribution in [1.82, 2.24) is 4.98 Å². The number of carbonyl (C=O) groups excluding carboxylic acids is 2. The van der Waals surface area contributed by atoms with Gasteiger partial charge >= 0.3 is 0 Å². The molecule has 0 fully saturated rings. The fraction of sp³-hybridized carbons (Fsp3) is 0.368. The molecule has 2 rings (SSSR count). The Kier molecular flexibility index (Phi) is 5.37. The molecular formula is C19H24N2O2. The van der Waals surface area contributed by atoms with Crippen LogP contribution in [0.25, 0.3) is 0 Å². The Bertz CT molecular complexity index is 712. The van der Waals surface area contributed by atoms with Gasteiger partial charge in [-0.3, -0.25) is 9.59 Å². The number of hydrogen-bond acceptors (Lipinski definition) is 2. The van der Waals surface area contributed by atoms with Crippen LogP contribution in [0.2, 0.25) is 0 Å². The van der Waals surface area contributed by atoms with Gasteiger partial charge in [0.15, 0.2) is 5.78 Å². The lowest BCUT2D eigenvalue weighted by Gasteiger charge is -2.07. The van der Waals surface area contributed by atoms with E-state index < -0.39 is 0 Å². The van der Waals surface area contributed by atoms with Crippen LogP contribution in [0.3, 0.4) is 0 Å². The molecule has 1 aromatic carbocycles. The predicted octanol–water partition coefficient (Wildman–Crippen LogP) is 4.29. The number of amides is 1. The molecule has 0 bridgehead atoms. The van der Waals surface area contributed by atoms with Crippen molar-refractivity contribution in [2.75, 3.05) is 5.32 Å². The highest BCUT2D eigenvalue weighted by Gasteiger charge is 2.21. The normalized spacial score (nSPS) is 10.6. The maximum Gasteiger partial charge on any atom is 0.272 e. The molecule has 4 heteroatoms. The summed E-state index contributed by atoms with van der Waals surface area (Å²) in [7, 11) is 0. The standard InChI is InChI=1S/C19H24N2O2/c1-5-7-14-8-10-15(11-9-14)21-19(23)18-16(6-2)17(13(4)22)12(3)20-18/h8-11,20H,5-7H2,1-4H3,(H,21,23). The average Bonchev–Trinajstić information content (AvgIpc) is 2.86. The number of H-pyrrole nitrogens is 1. The lowest BCUT2D eigenvalue weighted by Crippen LogP contribution is -2.14. The van der Waals surface area contributed by atoms with E-state index in [0.29, 0.717) is 17.7 Å². The van der Waals surface area contributed by atoms with Gasteiger partial charge in [-0.05, 0) is 49.9 Å². The Morgan fingerprint density at radius 3 is 2.30 bits per heavy atom. The summed E-state index contributed by atoms with van der Waals surface area (Å²) >= 11 is 0. The SMILES string of the molecule is CCCc1ccc(NC(=O)c2[nH]c(C)c(C(C)=O)c2CC)cc1. The zero-order valence-electron chi connectivity index (χ0n) is 14.2. The first kappa shape index (κ1) is 17.0. The molecule has 0 aliphatic carbocycles. The minimum Gasteiger partial charge on any atom is -0.354 e. The van der Waals surface area contributed by atoms with Crippen LogP contribution in [0.5, 0.6) is 0 Å². The Morgan fingerprint density at radius 2 is 1.78 bits per heavy atom. The van der Waals surface area contributed by atoms with Gasteiger partial charge in [0.2, 0.25) is 0 Å². The zero-order chi connectivity index (χ0) is 17.0. The topological polar surface area (TPSA) is 62.0 Å². The molecule has 4 nitrogen and oxygen atoms in total. The van der Waals surface area contributed by atoms with E-state index in [0.717, 1.165) is 29.8 Å². The number of ketones is 1. The van der Waals surface area contributed by atoms with E-state index in [1.54, 1.807) is 0 Å². The van der Waals surface area contributed by atoms with Crippen molar-refractivity contribution in [2.45, 2.75) is 47.0 Å². The highest BCUT2D eigenvalue weighted by atomic mass is 16.2. The van der Waals surface area contributed by atoms with Crippen LogP contribution >= 0.6 is 0 Å². The van der Waals surface area contributed by atoms with Crippen molar-refractivity contribution in [3.8, 4) is 0 Å². The van der Waals surface area contributed by atoms with Crippen LogP contribution in [0.1, 0.15) is 64.9 Å². The molecule has 0 radical (unpaired) electrons. The molecule has 0 aliphatic rings. The Hall–Kier alpha value is -2.36. The number of aromatic nitrogens is 1. The fourth-order valence-corrected chi connectivity index (χ4v) is 2.94. The van der Waals surface area contributed by atoms with Crippen molar-refractivity contribution >= 4 is 17.4 Å². The third-order valence-corrected chi connectivity index (χ3v) is 3.97. The van der Waals surface area contributed by atoms with Crippen LogP contribution in [0.4, 0.5) is 5.69 Å². The number of aromatic amines is 1. The minimum atomic E-state index is -0.208. The largest absolute Gasteiger partial charge is 0.354 e. The molecule has 1 amide bonds. The van der Waals surface area contributed by atoms with Gasteiger partial charge in [0.05, 0.1) is 0 Å². The number of aryl methyl sites for hydroxylation is 2. The maximum atomic E-state index is 12.5. The molecule has 23 heavy (non-hydrogen) atoms. The number of benzene rings is 1. The summed E-state index contributed by atoms with van der Waals surface area (Å²) in [5.41, 5.74) is 4.67. The zero-order valence-corrected chi connectivity index (χ0v) is 14.2. The van der Waals surface area contributed by atoms with Crippen LogP contribution in [-0.2, 0) is 12.8 Å². The highest BCUT2D eigenvalue weighted by Crippen LogP contribution is 2.21. The molecule has 0 spiro atoms. The van der Waals surface area contributed by atoms with E-state index in [1.807, 2.05) is 38.1 Å². The van der Waals surface area contributed by atoms with Gasteiger partial charge in [0, 0.05) is 16.9 Å². The van der Waals surface area contributed by atoms with E-state index in [1.165, 1.54) is 12.5 Å². The van der Waals surface area contributed by atoms with Gasteiger partial charge in [0.1, 0.15) is 5.69 Å². The summed E-state index contributed by atoms with van der Waals surface area (Å²) in [6, 6.07) is 7.88. The van der Waals surface area contributed by atoms with Crippen molar-refractivity contribution in [3.05, 3.63) is 52.3 Å².